The normalized spacial score (nSPS) is 12.1. The molecule has 0 aliphatic carbocycles. The van der Waals surface area contributed by atoms with Gasteiger partial charge in [0.25, 0.3) is 0 Å². The van der Waals surface area contributed by atoms with Crippen molar-refractivity contribution < 1.29 is 19.5 Å². The van der Waals surface area contributed by atoms with E-state index in [1.54, 1.807) is 7.05 Å². The SMILES string of the molecule is CC(C)CC(C)N(C)C(=O)NC(=O)CCCC(=O)O. The van der Waals surface area contributed by atoms with Gasteiger partial charge in [-0.1, -0.05) is 13.8 Å². The van der Waals surface area contributed by atoms with Gasteiger partial charge in [-0.25, -0.2) is 4.79 Å². The number of carboxylic acids is 1. The number of hydrogen-bond acceptors (Lipinski definition) is 3. The van der Waals surface area contributed by atoms with E-state index in [4.69, 9.17) is 5.11 Å². The first kappa shape index (κ1) is 17.4. The van der Waals surface area contributed by atoms with Gasteiger partial charge >= 0.3 is 12.0 Å². The first-order valence-corrected chi connectivity index (χ1v) is 6.52. The van der Waals surface area contributed by atoms with E-state index in [0.29, 0.717) is 5.92 Å². The van der Waals surface area contributed by atoms with Gasteiger partial charge in [-0.2, -0.15) is 0 Å². The van der Waals surface area contributed by atoms with Gasteiger partial charge in [0.15, 0.2) is 0 Å². The van der Waals surface area contributed by atoms with Crippen LogP contribution in [0.5, 0.6) is 0 Å². The fourth-order valence-corrected chi connectivity index (χ4v) is 1.71. The van der Waals surface area contributed by atoms with Crippen LogP contribution in [0.1, 0.15) is 46.5 Å². The van der Waals surface area contributed by atoms with Crippen LogP contribution in [0.15, 0.2) is 0 Å². The zero-order valence-corrected chi connectivity index (χ0v) is 12.1. The molecule has 6 nitrogen and oxygen atoms in total. The largest absolute Gasteiger partial charge is 0.481 e. The molecule has 0 bridgehead atoms. The van der Waals surface area contributed by atoms with Crippen LogP contribution < -0.4 is 5.32 Å². The Balaban J connectivity index is 4.07. The number of rotatable bonds is 7. The Kier molecular flexibility index (Phi) is 7.79. The number of carbonyl (C=O) groups excluding carboxylic acids is 2. The van der Waals surface area contributed by atoms with Crippen LogP contribution >= 0.6 is 0 Å². The summed E-state index contributed by atoms with van der Waals surface area (Å²) in [7, 11) is 1.65. The molecule has 2 N–H and O–H groups in total. The highest BCUT2D eigenvalue weighted by molar-refractivity contribution is 5.94. The van der Waals surface area contributed by atoms with Crippen molar-refractivity contribution in [2.24, 2.45) is 5.92 Å². The Hall–Kier alpha value is -1.59. The smallest absolute Gasteiger partial charge is 0.324 e. The van der Waals surface area contributed by atoms with Crippen LogP contribution in [-0.4, -0.2) is 41.0 Å². The Bertz CT molecular complexity index is 329. The first-order chi connectivity index (χ1) is 8.73. The number of carbonyl (C=O) groups is 3. The Morgan fingerprint density at radius 3 is 2.21 bits per heavy atom. The summed E-state index contributed by atoms with van der Waals surface area (Å²) in [5.41, 5.74) is 0. The maximum Gasteiger partial charge on any atom is 0.324 e. The van der Waals surface area contributed by atoms with Crippen molar-refractivity contribution >= 4 is 17.9 Å². The van der Waals surface area contributed by atoms with E-state index in [1.807, 2.05) is 6.92 Å². The number of nitrogens with zero attached hydrogens (tertiary/aromatic N) is 1. The number of nitrogens with one attached hydrogen (secondary N) is 1. The van der Waals surface area contributed by atoms with Crippen molar-refractivity contribution in [3.8, 4) is 0 Å². The molecular weight excluding hydrogens is 248 g/mol. The number of aliphatic carboxylic acids is 1. The third-order valence-electron chi connectivity index (χ3n) is 2.83. The lowest BCUT2D eigenvalue weighted by Crippen LogP contribution is -2.45. The molecule has 0 aliphatic rings. The minimum atomic E-state index is -0.943. The van der Waals surface area contributed by atoms with Gasteiger partial charge in [0.1, 0.15) is 0 Å². The molecule has 0 aromatic rings. The van der Waals surface area contributed by atoms with E-state index in [2.05, 4.69) is 19.2 Å². The number of hydrogen-bond donors (Lipinski definition) is 2. The number of urea groups is 1. The lowest BCUT2D eigenvalue weighted by Gasteiger charge is -2.26. The monoisotopic (exact) mass is 272 g/mol. The zero-order valence-electron chi connectivity index (χ0n) is 12.1. The van der Waals surface area contributed by atoms with Crippen LogP contribution in [0.2, 0.25) is 0 Å². The topological polar surface area (TPSA) is 86.7 Å². The molecule has 0 aromatic carbocycles. The highest BCUT2D eigenvalue weighted by Gasteiger charge is 2.18. The molecule has 0 aromatic heterocycles. The summed E-state index contributed by atoms with van der Waals surface area (Å²) in [6.45, 7) is 6.06. The van der Waals surface area contributed by atoms with Crippen LogP contribution in [0.3, 0.4) is 0 Å². The zero-order chi connectivity index (χ0) is 15.0. The minimum Gasteiger partial charge on any atom is -0.481 e. The van der Waals surface area contributed by atoms with Gasteiger partial charge in [-0.15, -0.1) is 0 Å². The van der Waals surface area contributed by atoms with Crippen molar-refractivity contribution in [2.45, 2.75) is 52.5 Å². The highest BCUT2D eigenvalue weighted by Crippen LogP contribution is 2.09. The summed E-state index contributed by atoms with van der Waals surface area (Å²) in [6, 6.07) is -0.389. The molecule has 0 rings (SSSR count). The standard InChI is InChI=1S/C13H24N2O4/c1-9(2)8-10(3)15(4)13(19)14-11(16)6-5-7-12(17)18/h9-10H,5-8H2,1-4H3,(H,17,18)(H,14,16,19). The average Bonchev–Trinajstić information content (AvgIpc) is 2.26. The minimum absolute atomic E-state index is 0.0461. The lowest BCUT2D eigenvalue weighted by atomic mass is 10.0. The van der Waals surface area contributed by atoms with Gasteiger partial charge in [-0.3, -0.25) is 14.9 Å². The Labute approximate surface area is 114 Å². The van der Waals surface area contributed by atoms with Gasteiger partial charge in [0.2, 0.25) is 5.91 Å². The average molecular weight is 272 g/mol. The van der Waals surface area contributed by atoms with Crippen molar-refractivity contribution in [1.82, 2.24) is 10.2 Å². The number of amides is 3. The summed E-state index contributed by atoms with van der Waals surface area (Å²) in [5, 5.41) is 10.7. The van der Waals surface area contributed by atoms with Crippen molar-refractivity contribution in [3.63, 3.8) is 0 Å². The molecule has 0 saturated heterocycles. The molecule has 19 heavy (non-hydrogen) atoms. The fraction of sp³-hybridized carbons (Fsp3) is 0.769. The number of carboxylic acid groups (broad SMARTS) is 1. The van der Waals surface area contributed by atoms with Gasteiger partial charge in [-0.05, 0) is 25.7 Å². The molecule has 6 heteroatoms. The van der Waals surface area contributed by atoms with E-state index in [-0.39, 0.29) is 25.3 Å². The Morgan fingerprint density at radius 1 is 1.16 bits per heavy atom. The van der Waals surface area contributed by atoms with Crippen LogP contribution in [0.25, 0.3) is 0 Å². The van der Waals surface area contributed by atoms with Crippen LogP contribution in [0, 0.1) is 5.92 Å². The molecule has 0 saturated carbocycles. The van der Waals surface area contributed by atoms with E-state index in [1.165, 1.54) is 4.90 Å². The van der Waals surface area contributed by atoms with E-state index in [9.17, 15) is 14.4 Å². The van der Waals surface area contributed by atoms with Crippen molar-refractivity contribution in [3.05, 3.63) is 0 Å². The molecule has 0 spiro atoms. The summed E-state index contributed by atoms with van der Waals surface area (Å²) in [5.74, 6) is -0.909. The predicted molar refractivity (Wildman–Crippen MR) is 71.7 cm³/mol. The summed E-state index contributed by atoms with van der Waals surface area (Å²) in [6.07, 6.45) is 1.07. The number of imide groups is 1. The summed E-state index contributed by atoms with van der Waals surface area (Å²) < 4.78 is 0. The first-order valence-electron chi connectivity index (χ1n) is 6.52. The fourth-order valence-electron chi connectivity index (χ4n) is 1.71. The predicted octanol–water partition coefficient (Wildman–Crippen LogP) is 1.84. The molecule has 0 heterocycles. The molecule has 0 radical (unpaired) electrons. The van der Waals surface area contributed by atoms with Crippen LogP contribution in [0.4, 0.5) is 4.79 Å². The molecule has 1 atom stereocenters. The summed E-state index contributed by atoms with van der Waals surface area (Å²) >= 11 is 0. The quantitative estimate of drug-likeness (QED) is 0.740. The maximum absolute atomic E-state index is 11.8. The van der Waals surface area contributed by atoms with E-state index >= 15 is 0 Å². The van der Waals surface area contributed by atoms with Crippen molar-refractivity contribution in [2.75, 3.05) is 7.05 Å². The molecule has 3 amide bonds. The van der Waals surface area contributed by atoms with Gasteiger partial charge in [0, 0.05) is 25.9 Å². The second-order valence-electron chi connectivity index (χ2n) is 5.19. The molecule has 0 aliphatic heterocycles. The molecule has 110 valence electrons. The van der Waals surface area contributed by atoms with Gasteiger partial charge in [0.05, 0.1) is 0 Å². The van der Waals surface area contributed by atoms with Gasteiger partial charge < -0.3 is 10.0 Å². The molecular formula is C13H24N2O4. The van der Waals surface area contributed by atoms with E-state index in [0.717, 1.165) is 6.42 Å². The highest BCUT2D eigenvalue weighted by atomic mass is 16.4. The lowest BCUT2D eigenvalue weighted by molar-refractivity contribution is -0.137. The van der Waals surface area contributed by atoms with E-state index < -0.39 is 17.9 Å². The molecule has 0 fully saturated rings. The molecule has 1 unspecified atom stereocenters. The maximum atomic E-state index is 11.8. The van der Waals surface area contributed by atoms with Crippen LogP contribution in [-0.2, 0) is 9.59 Å². The Morgan fingerprint density at radius 2 is 1.74 bits per heavy atom. The second kappa shape index (κ2) is 8.50. The second-order valence-corrected chi connectivity index (χ2v) is 5.19. The van der Waals surface area contributed by atoms with Crippen molar-refractivity contribution in [1.29, 1.82) is 0 Å². The third kappa shape index (κ3) is 8.18. The summed E-state index contributed by atoms with van der Waals surface area (Å²) in [4.78, 5) is 35.0. The third-order valence-corrected chi connectivity index (χ3v) is 2.83.